The maximum Gasteiger partial charge on any atom is 0.0794 e. The second kappa shape index (κ2) is 4.98. The number of thiazole rings is 1. The Morgan fingerprint density at radius 3 is 2.92 bits per heavy atom. The predicted octanol–water partition coefficient (Wildman–Crippen LogP) is 3.19. The van der Waals surface area contributed by atoms with Crippen LogP contribution in [-0.4, -0.2) is 4.98 Å². The average Bonchev–Trinajstić information content (AvgIpc) is 2.65. The molecular weight excluding hydrogens is 180 g/mol. The zero-order chi connectivity index (χ0) is 9.68. The zero-order valence-corrected chi connectivity index (χ0v) is 8.84. The molecule has 0 aliphatic rings. The Kier molecular flexibility index (Phi) is 3.91. The molecule has 1 rings (SSSR count). The van der Waals surface area contributed by atoms with Crippen LogP contribution in [0.3, 0.4) is 0 Å². The van der Waals surface area contributed by atoms with E-state index in [9.17, 15) is 0 Å². The first kappa shape index (κ1) is 10.2. The lowest BCUT2D eigenvalue weighted by Crippen LogP contribution is -2.06. The van der Waals surface area contributed by atoms with Gasteiger partial charge >= 0.3 is 0 Å². The van der Waals surface area contributed by atoms with Crippen LogP contribution >= 0.6 is 11.3 Å². The third-order valence-corrected chi connectivity index (χ3v) is 3.37. The van der Waals surface area contributed by atoms with Gasteiger partial charge in [-0.2, -0.15) is 5.26 Å². The number of hydrogen-bond donors (Lipinski definition) is 0. The van der Waals surface area contributed by atoms with Crippen LogP contribution in [0.4, 0.5) is 0 Å². The SMILES string of the molecule is CCC(C)C(CC#N)c1cncs1. The maximum atomic E-state index is 8.71. The molecule has 3 heteroatoms. The van der Waals surface area contributed by atoms with Crippen molar-refractivity contribution >= 4 is 11.3 Å². The smallest absolute Gasteiger partial charge is 0.0794 e. The summed E-state index contributed by atoms with van der Waals surface area (Å²) in [5.74, 6) is 0.947. The minimum Gasteiger partial charge on any atom is -0.253 e. The molecule has 2 unspecified atom stereocenters. The van der Waals surface area contributed by atoms with Gasteiger partial charge < -0.3 is 0 Å². The van der Waals surface area contributed by atoms with E-state index in [1.54, 1.807) is 11.3 Å². The monoisotopic (exact) mass is 194 g/mol. The molecular formula is C10H14N2S. The van der Waals surface area contributed by atoms with E-state index in [0.29, 0.717) is 18.3 Å². The molecule has 13 heavy (non-hydrogen) atoms. The van der Waals surface area contributed by atoms with Crippen LogP contribution in [0.15, 0.2) is 11.7 Å². The maximum absolute atomic E-state index is 8.71. The summed E-state index contributed by atoms with van der Waals surface area (Å²) in [5.41, 5.74) is 1.84. The minimum absolute atomic E-state index is 0.377. The molecule has 0 aliphatic heterocycles. The van der Waals surface area contributed by atoms with Crippen molar-refractivity contribution in [1.29, 1.82) is 5.26 Å². The van der Waals surface area contributed by atoms with Crippen LogP contribution in [-0.2, 0) is 0 Å². The number of aromatic nitrogens is 1. The van der Waals surface area contributed by atoms with E-state index in [1.165, 1.54) is 4.88 Å². The van der Waals surface area contributed by atoms with Gasteiger partial charge in [-0.25, -0.2) is 0 Å². The van der Waals surface area contributed by atoms with Crippen molar-refractivity contribution in [1.82, 2.24) is 4.98 Å². The van der Waals surface area contributed by atoms with Gasteiger partial charge in [0.05, 0.1) is 11.6 Å². The topological polar surface area (TPSA) is 36.7 Å². The summed E-state index contributed by atoms with van der Waals surface area (Å²) in [5, 5.41) is 8.71. The molecule has 0 amide bonds. The van der Waals surface area contributed by atoms with Gasteiger partial charge in [-0.3, -0.25) is 4.98 Å². The molecule has 0 bridgehead atoms. The first-order valence-corrected chi connectivity index (χ1v) is 5.42. The Bertz CT molecular complexity index is 274. The second-order valence-electron chi connectivity index (χ2n) is 3.26. The Labute approximate surface area is 83.2 Å². The lowest BCUT2D eigenvalue weighted by Gasteiger charge is -2.17. The van der Waals surface area contributed by atoms with Gasteiger partial charge in [-0.05, 0) is 5.92 Å². The molecule has 0 spiro atoms. The molecule has 0 aromatic carbocycles. The average molecular weight is 194 g/mol. The quantitative estimate of drug-likeness (QED) is 0.738. The van der Waals surface area contributed by atoms with E-state index < -0.39 is 0 Å². The number of hydrogen-bond acceptors (Lipinski definition) is 3. The summed E-state index contributed by atoms with van der Waals surface area (Å²) in [6.45, 7) is 4.36. The molecule has 0 N–H and O–H groups in total. The lowest BCUT2D eigenvalue weighted by atomic mass is 9.88. The molecule has 0 saturated heterocycles. The molecule has 0 fully saturated rings. The van der Waals surface area contributed by atoms with Crippen molar-refractivity contribution in [2.75, 3.05) is 0 Å². The lowest BCUT2D eigenvalue weighted by molar-refractivity contribution is 0.456. The van der Waals surface area contributed by atoms with Gasteiger partial charge in [-0.1, -0.05) is 20.3 Å². The van der Waals surface area contributed by atoms with E-state index in [-0.39, 0.29) is 0 Å². The first-order valence-electron chi connectivity index (χ1n) is 4.55. The van der Waals surface area contributed by atoms with E-state index in [0.717, 1.165) is 6.42 Å². The molecule has 0 radical (unpaired) electrons. The van der Waals surface area contributed by atoms with Gasteiger partial charge in [0.1, 0.15) is 0 Å². The fourth-order valence-corrected chi connectivity index (χ4v) is 2.23. The molecule has 0 saturated carbocycles. The summed E-state index contributed by atoms with van der Waals surface area (Å²) in [6, 6.07) is 2.25. The molecule has 1 aromatic rings. The van der Waals surface area contributed by atoms with Crippen molar-refractivity contribution in [2.45, 2.75) is 32.6 Å². The number of nitriles is 1. The molecule has 2 nitrogen and oxygen atoms in total. The van der Waals surface area contributed by atoms with Crippen LogP contribution in [0.5, 0.6) is 0 Å². The summed E-state index contributed by atoms with van der Waals surface area (Å²) < 4.78 is 0. The highest BCUT2D eigenvalue weighted by molar-refractivity contribution is 7.09. The van der Waals surface area contributed by atoms with E-state index in [2.05, 4.69) is 24.9 Å². The fourth-order valence-electron chi connectivity index (χ4n) is 1.37. The normalized spacial score (nSPS) is 14.8. The standard InChI is InChI=1S/C10H14N2S/c1-3-8(2)9(4-5-11)10-6-12-7-13-10/h6-9H,3-4H2,1-2H3. The largest absolute Gasteiger partial charge is 0.253 e. The summed E-state index contributed by atoms with van der Waals surface area (Å²) in [6.07, 6.45) is 3.61. The minimum atomic E-state index is 0.377. The number of nitrogens with zero attached hydrogens (tertiary/aromatic N) is 2. The van der Waals surface area contributed by atoms with Crippen LogP contribution in [0.25, 0.3) is 0 Å². The molecule has 70 valence electrons. The van der Waals surface area contributed by atoms with Gasteiger partial charge in [0.2, 0.25) is 0 Å². The highest BCUT2D eigenvalue weighted by Gasteiger charge is 2.18. The molecule has 1 heterocycles. The van der Waals surface area contributed by atoms with Gasteiger partial charge in [-0.15, -0.1) is 11.3 Å². The molecule has 0 aliphatic carbocycles. The summed E-state index contributed by atoms with van der Waals surface area (Å²) in [4.78, 5) is 5.30. The van der Waals surface area contributed by atoms with Crippen molar-refractivity contribution in [2.24, 2.45) is 5.92 Å². The van der Waals surface area contributed by atoms with E-state index in [1.807, 2.05) is 11.7 Å². The van der Waals surface area contributed by atoms with Crippen molar-refractivity contribution in [3.8, 4) is 6.07 Å². The highest BCUT2D eigenvalue weighted by Crippen LogP contribution is 2.31. The van der Waals surface area contributed by atoms with E-state index >= 15 is 0 Å². The second-order valence-corrected chi connectivity index (χ2v) is 4.18. The highest BCUT2D eigenvalue weighted by atomic mass is 32.1. The first-order chi connectivity index (χ1) is 6.29. The van der Waals surface area contributed by atoms with Crippen LogP contribution in [0.2, 0.25) is 0 Å². The van der Waals surface area contributed by atoms with Gasteiger partial charge in [0.25, 0.3) is 0 Å². The van der Waals surface area contributed by atoms with Crippen LogP contribution in [0.1, 0.15) is 37.5 Å². The third-order valence-electron chi connectivity index (χ3n) is 2.46. The Balaban J connectivity index is 2.75. The zero-order valence-electron chi connectivity index (χ0n) is 8.03. The van der Waals surface area contributed by atoms with Gasteiger partial charge in [0, 0.05) is 23.4 Å². The summed E-state index contributed by atoms with van der Waals surface area (Å²) in [7, 11) is 0. The summed E-state index contributed by atoms with van der Waals surface area (Å²) >= 11 is 1.65. The Morgan fingerprint density at radius 2 is 2.46 bits per heavy atom. The van der Waals surface area contributed by atoms with Crippen molar-refractivity contribution in [3.63, 3.8) is 0 Å². The Morgan fingerprint density at radius 1 is 1.69 bits per heavy atom. The van der Waals surface area contributed by atoms with E-state index in [4.69, 9.17) is 5.26 Å². The van der Waals surface area contributed by atoms with Crippen LogP contribution < -0.4 is 0 Å². The number of rotatable bonds is 4. The predicted molar refractivity (Wildman–Crippen MR) is 54.5 cm³/mol. The van der Waals surface area contributed by atoms with Crippen LogP contribution in [0, 0.1) is 17.2 Å². The van der Waals surface area contributed by atoms with Gasteiger partial charge in [0.15, 0.2) is 0 Å². The Hall–Kier alpha value is -0.880. The fraction of sp³-hybridized carbons (Fsp3) is 0.600. The molecule has 1 aromatic heterocycles. The molecule has 2 atom stereocenters. The van der Waals surface area contributed by atoms with Crippen molar-refractivity contribution in [3.05, 3.63) is 16.6 Å². The van der Waals surface area contributed by atoms with Crippen molar-refractivity contribution < 1.29 is 0 Å². The third kappa shape index (κ3) is 2.53.